The van der Waals surface area contributed by atoms with Gasteiger partial charge in [0, 0.05) is 191 Å². The quantitative estimate of drug-likeness (QED) is 0.227. The van der Waals surface area contributed by atoms with Crippen LogP contribution in [-0.2, 0) is 0 Å². The summed E-state index contributed by atoms with van der Waals surface area (Å²) in [5.74, 6) is 0. The van der Waals surface area contributed by atoms with E-state index in [1.165, 1.54) is 0 Å². The fourth-order valence-corrected chi connectivity index (χ4v) is 0. The molecule has 0 aromatic carbocycles. The molecule has 8 heavy (non-hydrogen) atoms. The Morgan fingerprint density at radius 3 is 0.125 bits per heavy atom. The van der Waals surface area contributed by atoms with Crippen molar-refractivity contribution in [3.63, 3.8) is 0 Å². The van der Waals surface area contributed by atoms with Crippen LogP contribution in [0.4, 0.5) is 0 Å². The molecular formula is Sn8. The summed E-state index contributed by atoms with van der Waals surface area (Å²) >= 11 is 0. The molecule has 32 radical (unpaired) electrons. The first-order valence-corrected chi connectivity index (χ1v) is 0. The van der Waals surface area contributed by atoms with Gasteiger partial charge in [-0.25, -0.2) is 0 Å². The maximum atomic E-state index is 0. The first kappa shape index (κ1) is 63.2. The summed E-state index contributed by atoms with van der Waals surface area (Å²) in [6, 6.07) is 0. The van der Waals surface area contributed by atoms with E-state index in [9.17, 15) is 0 Å². The van der Waals surface area contributed by atoms with Crippen molar-refractivity contribution in [3.05, 3.63) is 0 Å². The van der Waals surface area contributed by atoms with Crippen LogP contribution in [0.25, 0.3) is 0 Å². The molecule has 0 atom stereocenters. The second-order valence-electron chi connectivity index (χ2n) is 0. The van der Waals surface area contributed by atoms with Crippen molar-refractivity contribution in [1.82, 2.24) is 0 Å². The van der Waals surface area contributed by atoms with Crippen molar-refractivity contribution < 1.29 is 0 Å². The minimum absolute atomic E-state index is 0. The average Bonchev–Trinajstić information content (AvgIpc) is 0. The molecule has 0 aromatic rings. The number of hydrogen-bond donors (Lipinski definition) is 0. The molecule has 8 heteroatoms. The third-order valence-corrected chi connectivity index (χ3v) is 0. The summed E-state index contributed by atoms with van der Waals surface area (Å²) in [4.78, 5) is 0. The van der Waals surface area contributed by atoms with Gasteiger partial charge in [0.1, 0.15) is 0 Å². The molecule has 0 unspecified atom stereocenters. The minimum atomic E-state index is 0. The Balaban J connectivity index is 0. The summed E-state index contributed by atoms with van der Waals surface area (Å²) in [6.45, 7) is 0. The fraction of sp³-hybridized carbons (Fsp3) is 0. The van der Waals surface area contributed by atoms with Crippen LogP contribution < -0.4 is 0 Å². The molecule has 0 aromatic heterocycles. The normalized spacial score (nSPS) is 0. The Hall–Kier alpha value is 6.39. The maximum Gasteiger partial charge on any atom is 0 e. The second kappa shape index (κ2) is 50.3. The van der Waals surface area contributed by atoms with Crippen molar-refractivity contribution in [2.45, 2.75) is 0 Å². The first-order chi connectivity index (χ1) is 0. The molecule has 32 valence electrons. The molecule has 0 aliphatic carbocycles. The van der Waals surface area contributed by atoms with E-state index in [0.29, 0.717) is 0 Å². The van der Waals surface area contributed by atoms with E-state index in [-0.39, 0.29) is 191 Å². The zero-order valence-electron chi connectivity index (χ0n) is 4.00. The van der Waals surface area contributed by atoms with Gasteiger partial charge in [-0.1, -0.05) is 0 Å². The molecule has 0 fully saturated rings. The Labute approximate surface area is 186 Å². The molecule has 0 heterocycles. The molecule has 0 spiro atoms. The molecule has 0 nitrogen and oxygen atoms in total. The maximum absolute atomic E-state index is 0. The molecule has 0 saturated heterocycles. The van der Waals surface area contributed by atoms with Gasteiger partial charge >= 0.3 is 0 Å². The number of hydrogen-bond acceptors (Lipinski definition) is 0. The third kappa shape index (κ3) is 39.4. The first-order valence-electron chi connectivity index (χ1n) is 0. The van der Waals surface area contributed by atoms with Crippen molar-refractivity contribution in [3.8, 4) is 0 Å². The molecule has 0 saturated carbocycles. The van der Waals surface area contributed by atoms with Crippen molar-refractivity contribution in [1.29, 1.82) is 0 Å². The SMILES string of the molecule is [Sn].[Sn].[Sn].[Sn].[Sn].[Sn].[Sn].[Sn]. The molecule has 0 aliphatic heterocycles. The Bertz CT molecular complexity index is 0. The van der Waals surface area contributed by atoms with E-state index in [1.54, 1.807) is 0 Å². The predicted molar refractivity (Wildman–Crippen MR) is 46.0 cm³/mol. The van der Waals surface area contributed by atoms with Gasteiger partial charge in [-0.2, -0.15) is 0 Å². The number of rotatable bonds is 0. The van der Waals surface area contributed by atoms with Crippen LogP contribution in [0.1, 0.15) is 0 Å². The van der Waals surface area contributed by atoms with Crippen LogP contribution in [0.2, 0.25) is 0 Å². The van der Waals surface area contributed by atoms with E-state index in [0.717, 1.165) is 0 Å². The Morgan fingerprint density at radius 2 is 0.125 bits per heavy atom. The van der Waals surface area contributed by atoms with Gasteiger partial charge in [-0.3, -0.25) is 0 Å². The Kier molecular flexibility index (Phi) is 398. The van der Waals surface area contributed by atoms with E-state index >= 15 is 0 Å². The molecular weight excluding hydrogens is 950 g/mol. The summed E-state index contributed by atoms with van der Waals surface area (Å²) in [6.07, 6.45) is 0. The smallest absolute Gasteiger partial charge is 0 e. The predicted octanol–water partition coefficient (Wildman–Crippen LogP) is -3.05. The van der Waals surface area contributed by atoms with E-state index in [1.807, 2.05) is 0 Å². The van der Waals surface area contributed by atoms with Crippen LogP contribution in [0, 0.1) is 0 Å². The third-order valence-electron chi connectivity index (χ3n) is 0. The van der Waals surface area contributed by atoms with Gasteiger partial charge in [-0.15, -0.1) is 0 Å². The van der Waals surface area contributed by atoms with Gasteiger partial charge in [0.05, 0.1) is 0 Å². The monoisotopic (exact) mass is 959 g/mol. The molecule has 0 aliphatic rings. The van der Waals surface area contributed by atoms with Crippen LogP contribution in [0.5, 0.6) is 0 Å². The van der Waals surface area contributed by atoms with Crippen molar-refractivity contribution in [2.75, 3.05) is 0 Å². The van der Waals surface area contributed by atoms with Crippen LogP contribution in [-0.4, -0.2) is 191 Å². The van der Waals surface area contributed by atoms with Gasteiger partial charge in [0.2, 0.25) is 0 Å². The van der Waals surface area contributed by atoms with Crippen molar-refractivity contribution >= 4 is 191 Å². The van der Waals surface area contributed by atoms with Gasteiger partial charge < -0.3 is 0 Å². The van der Waals surface area contributed by atoms with E-state index in [4.69, 9.17) is 0 Å². The molecule has 0 amide bonds. The zero-order chi connectivity index (χ0) is 0. The van der Waals surface area contributed by atoms with Gasteiger partial charge in [-0.05, 0) is 0 Å². The van der Waals surface area contributed by atoms with Crippen LogP contribution >= 0.6 is 0 Å². The fourth-order valence-electron chi connectivity index (χ4n) is 0. The summed E-state index contributed by atoms with van der Waals surface area (Å²) < 4.78 is 0. The van der Waals surface area contributed by atoms with Gasteiger partial charge in [0.25, 0.3) is 0 Å². The molecule has 0 bridgehead atoms. The van der Waals surface area contributed by atoms with Crippen LogP contribution in [0.3, 0.4) is 0 Å². The zero-order valence-corrected chi connectivity index (χ0v) is 26.8. The largest absolute Gasteiger partial charge is 0 e. The molecule has 0 rings (SSSR count). The van der Waals surface area contributed by atoms with Crippen LogP contribution in [0.15, 0.2) is 0 Å². The minimum Gasteiger partial charge on any atom is 0 e. The summed E-state index contributed by atoms with van der Waals surface area (Å²) in [5.41, 5.74) is 0. The van der Waals surface area contributed by atoms with Crippen molar-refractivity contribution in [2.24, 2.45) is 0 Å². The Morgan fingerprint density at radius 1 is 0.125 bits per heavy atom. The summed E-state index contributed by atoms with van der Waals surface area (Å²) in [5, 5.41) is 0. The van der Waals surface area contributed by atoms with E-state index in [2.05, 4.69) is 0 Å². The van der Waals surface area contributed by atoms with E-state index < -0.39 is 0 Å². The molecule has 0 N–H and O–H groups in total. The summed E-state index contributed by atoms with van der Waals surface area (Å²) in [7, 11) is 0. The second-order valence-corrected chi connectivity index (χ2v) is 0. The standard InChI is InChI=1S/8Sn. The van der Waals surface area contributed by atoms with Gasteiger partial charge in [0.15, 0.2) is 0 Å². The average molecular weight is 950 g/mol. The topological polar surface area (TPSA) is 0 Å².